The van der Waals surface area contributed by atoms with Crippen molar-refractivity contribution in [3.05, 3.63) is 59.9 Å². The molecule has 0 aliphatic rings. The number of benzene rings is 2. The smallest absolute Gasteiger partial charge is 0.230 e. The van der Waals surface area contributed by atoms with Gasteiger partial charge in [0.15, 0.2) is 11.5 Å². The average molecular weight is 422 g/mol. The Hall–Kier alpha value is -3.79. The first kappa shape index (κ1) is 19.5. The molecule has 0 aliphatic carbocycles. The summed E-state index contributed by atoms with van der Waals surface area (Å²) in [5.74, 6) is 1.10. The number of amides is 1. The van der Waals surface area contributed by atoms with Gasteiger partial charge in [0.05, 0.1) is 37.6 Å². The highest BCUT2D eigenvalue weighted by Gasteiger charge is 2.15. The molecule has 4 aromatic rings. The van der Waals surface area contributed by atoms with Gasteiger partial charge in [-0.3, -0.25) is 4.79 Å². The van der Waals surface area contributed by atoms with Crippen LogP contribution >= 0.6 is 11.3 Å². The molecule has 0 aliphatic heterocycles. The Morgan fingerprint density at radius 2 is 1.97 bits per heavy atom. The molecule has 2 aromatic heterocycles. The fourth-order valence-electron chi connectivity index (χ4n) is 2.91. The van der Waals surface area contributed by atoms with E-state index in [2.05, 4.69) is 25.8 Å². The van der Waals surface area contributed by atoms with Gasteiger partial charge in [0, 0.05) is 11.1 Å². The molecule has 0 bridgehead atoms. The molecular formula is C20H18N6O3S. The van der Waals surface area contributed by atoms with Crippen molar-refractivity contribution >= 4 is 22.9 Å². The molecule has 0 saturated heterocycles. The van der Waals surface area contributed by atoms with Crippen LogP contribution in [0.1, 0.15) is 5.69 Å². The van der Waals surface area contributed by atoms with Gasteiger partial charge in [-0.2, -0.15) is 0 Å². The molecule has 2 aromatic carbocycles. The summed E-state index contributed by atoms with van der Waals surface area (Å²) >= 11 is 1.45. The summed E-state index contributed by atoms with van der Waals surface area (Å²) in [5.41, 5.74) is 2.99. The minimum absolute atomic E-state index is 0.153. The summed E-state index contributed by atoms with van der Waals surface area (Å²) in [6.45, 7) is 0. The van der Waals surface area contributed by atoms with Gasteiger partial charge >= 0.3 is 0 Å². The monoisotopic (exact) mass is 422 g/mol. The lowest BCUT2D eigenvalue weighted by Crippen LogP contribution is -2.14. The molecule has 1 amide bonds. The summed E-state index contributed by atoms with van der Waals surface area (Å²) < 4.78 is 12.4. The van der Waals surface area contributed by atoms with Crippen LogP contribution in [0.5, 0.6) is 11.5 Å². The summed E-state index contributed by atoms with van der Waals surface area (Å²) in [5, 5.41) is 16.5. The van der Waals surface area contributed by atoms with Gasteiger partial charge in [0.25, 0.3) is 0 Å². The number of methoxy groups -OCH3 is 2. The van der Waals surface area contributed by atoms with E-state index >= 15 is 0 Å². The first-order valence-electron chi connectivity index (χ1n) is 8.97. The molecule has 152 valence electrons. The maximum atomic E-state index is 12.4. The Bertz CT molecular complexity index is 1140. The summed E-state index contributed by atoms with van der Waals surface area (Å²) in [6.07, 6.45) is 1.67. The standard InChI is InChI=1S/C20H18N6O3S/c1-28-17-5-3-4-16(19(17)29-2)20-23-14(11-30-20)10-18(27)22-13-6-8-15(9-7-13)26-12-21-24-25-26/h3-9,11-12H,10H2,1-2H3,(H,22,27). The largest absolute Gasteiger partial charge is 0.493 e. The van der Waals surface area contributed by atoms with E-state index in [1.54, 1.807) is 26.4 Å². The zero-order chi connectivity index (χ0) is 20.9. The number of tetrazole rings is 1. The first-order chi connectivity index (χ1) is 14.7. The Balaban J connectivity index is 1.43. The highest BCUT2D eigenvalue weighted by molar-refractivity contribution is 7.13. The number of anilines is 1. The van der Waals surface area contributed by atoms with Crippen LogP contribution in [0.2, 0.25) is 0 Å². The Labute approximate surface area is 176 Å². The number of thiazole rings is 1. The van der Waals surface area contributed by atoms with Gasteiger partial charge in [-0.1, -0.05) is 6.07 Å². The van der Waals surface area contributed by atoms with Gasteiger partial charge < -0.3 is 14.8 Å². The van der Waals surface area contributed by atoms with Crippen molar-refractivity contribution in [2.75, 3.05) is 19.5 Å². The van der Waals surface area contributed by atoms with E-state index < -0.39 is 0 Å². The second kappa shape index (κ2) is 8.70. The van der Waals surface area contributed by atoms with Crippen molar-refractivity contribution in [3.63, 3.8) is 0 Å². The molecule has 0 atom stereocenters. The molecule has 4 rings (SSSR count). The van der Waals surface area contributed by atoms with E-state index in [0.717, 1.165) is 16.3 Å². The number of carbonyl (C=O) groups excluding carboxylic acids is 1. The molecule has 0 radical (unpaired) electrons. The Morgan fingerprint density at radius 1 is 1.13 bits per heavy atom. The number of hydrogen-bond acceptors (Lipinski definition) is 8. The van der Waals surface area contributed by atoms with Crippen LogP contribution in [0.4, 0.5) is 5.69 Å². The lowest BCUT2D eigenvalue weighted by molar-refractivity contribution is -0.115. The zero-order valence-electron chi connectivity index (χ0n) is 16.3. The van der Waals surface area contributed by atoms with Gasteiger partial charge in [-0.25, -0.2) is 9.67 Å². The quantitative estimate of drug-likeness (QED) is 0.488. The van der Waals surface area contributed by atoms with Crippen LogP contribution in [0.25, 0.3) is 16.3 Å². The molecular weight excluding hydrogens is 404 g/mol. The zero-order valence-corrected chi connectivity index (χ0v) is 17.1. The fourth-order valence-corrected chi connectivity index (χ4v) is 3.76. The number of para-hydroxylation sites is 1. The minimum Gasteiger partial charge on any atom is -0.493 e. The van der Waals surface area contributed by atoms with Gasteiger partial charge in [0.2, 0.25) is 5.91 Å². The molecule has 0 spiro atoms. The van der Waals surface area contributed by atoms with Crippen molar-refractivity contribution < 1.29 is 14.3 Å². The molecule has 10 heteroatoms. The van der Waals surface area contributed by atoms with E-state index in [1.807, 2.05) is 35.7 Å². The van der Waals surface area contributed by atoms with E-state index in [0.29, 0.717) is 22.9 Å². The molecule has 9 nitrogen and oxygen atoms in total. The molecule has 30 heavy (non-hydrogen) atoms. The number of ether oxygens (including phenoxy) is 2. The first-order valence-corrected chi connectivity index (χ1v) is 9.85. The minimum atomic E-state index is -0.153. The number of nitrogens with one attached hydrogen (secondary N) is 1. The molecule has 0 saturated carbocycles. The topological polar surface area (TPSA) is 104 Å². The predicted octanol–water partition coefficient (Wildman–Crippen LogP) is 2.98. The normalized spacial score (nSPS) is 10.6. The summed E-state index contributed by atoms with van der Waals surface area (Å²) in [4.78, 5) is 17.0. The van der Waals surface area contributed by atoms with Crippen molar-refractivity contribution in [2.24, 2.45) is 0 Å². The van der Waals surface area contributed by atoms with E-state index in [4.69, 9.17) is 9.47 Å². The van der Waals surface area contributed by atoms with Gasteiger partial charge in [-0.05, 0) is 46.8 Å². The molecule has 1 N–H and O–H groups in total. The maximum absolute atomic E-state index is 12.4. The average Bonchev–Trinajstić information content (AvgIpc) is 3.46. The highest BCUT2D eigenvalue weighted by Crippen LogP contribution is 2.39. The second-order valence-electron chi connectivity index (χ2n) is 6.21. The number of carbonyl (C=O) groups is 1. The number of aromatic nitrogens is 5. The number of nitrogens with zero attached hydrogens (tertiary/aromatic N) is 5. The summed E-state index contributed by atoms with van der Waals surface area (Å²) in [6, 6.07) is 12.9. The fraction of sp³-hybridized carbons (Fsp3) is 0.150. The third-order valence-electron chi connectivity index (χ3n) is 4.29. The van der Waals surface area contributed by atoms with Crippen molar-refractivity contribution in [3.8, 4) is 27.8 Å². The van der Waals surface area contributed by atoms with E-state index in [1.165, 1.54) is 22.3 Å². The van der Waals surface area contributed by atoms with Crippen molar-refractivity contribution in [2.45, 2.75) is 6.42 Å². The van der Waals surface area contributed by atoms with Crippen LogP contribution in [0.3, 0.4) is 0 Å². The maximum Gasteiger partial charge on any atom is 0.230 e. The molecule has 2 heterocycles. The van der Waals surface area contributed by atoms with Crippen LogP contribution in [-0.2, 0) is 11.2 Å². The Kier molecular flexibility index (Phi) is 5.66. The SMILES string of the molecule is COc1cccc(-c2nc(CC(=O)Nc3ccc(-n4cnnn4)cc3)cs2)c1OC. The van der Waals surface area contributed by atoms with Crippen LogP contribution in [0.15, 0.2) is 54.2 Å². The third-order valence-corrected chi connectivity index (χ3v) is 5.22. The third kappa shape index (κ3) is 4.13. The van der Waals surface area contributed by atoms with Gasteiger partial charge in [0.1, 0.15) is 11.3 Å². The summed E-state index contributed by atoms with van der Waals surface area (Å²) in [7, 11) is 3.18. The molecule has 0 unspecified atom stereocenters. The number of rotatable bonds is 7. The van der Waals surface area contributed by atoms with E-state index in [-0.39, 0.29) is 12.3 Å². The van der Waals surface area contributed by atoms with Crippen LogP contribution in [-0.4, -0.2) is 45.3 Å². The second-order valence-corrected chi connectivity index (χ2v) is 7.07. The van der Waals surface area contributed by atoms with Gasteiger partial charge in [-0.15, -0.1) is 16.4 Å². The Morgan fingerprint density at radius 3 is 2.67 bits per heavy atom. The predicted molar refractivity (Wildman–Crippen MR) is 112 cm³/mol. The lowest BCUT2D eigenvalue weighted by atomic mass is 10.2. The van der Waals surface area contributed by atoms with Crippen LogP contribution in [0, 0.1) is 0 Å². The van der Waals surface area contributed by atoms with Crippen molar-refractivity contribution in [1.82, 2.24) is 25.2 Å². The van der Waals surface area contributed by atoms with Crippen LogP contribution < -0.4 is 14.8 Å². The van der Waals surface area contributed by atoms with Crippen molar-refractivity contribution in [1.29, 1.82) is 0 Å². The van der Waals surface area contributed by atoms with E-state index in [9.17, 15) is 4.79 Å². The molecule has 0 fully saturated rings. The lowest BCUT2D eigenvalue weighted by Gasteiger charge is -2.10. The highest BCUT2D eigenvalue weighted by atomic mass is 32.1. The number of hydrogen-bond donors (Lipinski definition) is 1.